The van der Waals surface area contributed by atoms with Crippen molar-refractivity contribution in [3.63, 3.8) is 0 Å². The lowest BCUT2D eigenvalue weighted by molar-refractivity contribution is 0.0763. The first-order chi connectivity index (χ1) is 18.6. The van der Waals surface area contributed by atoms with Gasteiger partial charge in [0.25, 0.3) is 0 Å². The molecule has 0 aliphatic carbocycles. The Kier molecular flexibility index (Phi) is 8.38. The molecule has 196 valence electrons. The van der Waals surface area contributed by atoms with E-state index in [1.54, 1.807) is 24.5 Å². The van der Waals surface area contributed by atoms with Crippen LogP contribution in [0, 0.1) is 0 Å². The third-order valence-electron chi connectivity index (χ3n) is 5.82. The number of nitrogens with zero attached hydrogens (tertiary/aromatic N) is 2. The Bertz CT molecular complexity index is 1360. The Morgan fingerprint density at radius 1 is 0.789 bits per heavy atom. The van der Waals surface area contributed by atoms with Crippen LogP contribution in [0.25, 0.3) is 0 Å². The second kappa shape index (κ2) is 12.4. The van der Waals surface area contributed by atoms with Crippen LogP contribution >= 0.6 is 9.24 Å². The summed E-state index contributed by atoms with van der Waals surface area (Å²) in [4.78, 5) is 8.83. The average molecular weight is 532 g/mol. The molecule has 0 spiro atoms. The van der Waals surface area contributed by atoms with Crippen LogP contribution in [-0.4, -0.2) is 41.5 Å². The molecule has 3 heterocycles. The summed E-state index contributed by atoms with van der Waals surface area (Å²) in [5.74, 6) is 1.68. The first kappa shape index (κ1) is 25.6. The van der Waals surface area contributed by atoms with Crippen LogP contribution in [0.2, 0.25) is 0 Å². The van der Waals surface area contributed by atoms with Crippen LogP contribution in [0.4, 0.5) is 17.1 Å². The SMILES string of the molecule is Oc1ccc2c(c1)NC(c1cc(OCCOCCOc3ccnc(CNc4ccc(P)cc4)c3)ccn1)N2. The zero-order valence-corrected chi connectivity index (χ0v) is 21.9. The summed E-state index contributed by atoms with van der Waals surface area (Å²) in [7, 11) is 2.68. The number of benzene rings is 2. The fourth-order valence-corrected chi connectivity index (χ4v) is 4.12. The molecule has 0 bridgehead atoms. The second-order valence-electron chi connectivity index (χ2n) is 8.64. The fraction of sp³-hybridized carbons (Fsp3) is 0.214. The molecule has 2 unspecified atom stereocenters. The van der Waals surface area contributed by atoms with Gasteiger partial charge >= 0.3 is 0 Å². The van der Waals surface area contributed by atoms with E-state index in [9.17, 15) is 5.11 Å². The van der Waals surface area contributed by atoms with Gasteiger partial charge in [-0.1, -0.05) is 12.1 Å². The predicted octanol–water partition coefficient (Wildman–Crippen LogP) is 4.31. The van der Waals surface area contributed by atoms with Gasteiger partial charge in [0.15, 0.2) is 0 Å². The van der Waals surface area contributed by atoms with E-state index in [4.69, 9.17) is 14.2 Å². The van der Waals surface area contributed by atoms with Crippen LogP contribution in [-0.2, 0) is 11.3 Å². The zero-order valence-electron chi connectivity index (χ0n) is 20.8. The number of hydrogen-bond acceptors (Lipinski definition) is 9. The van der Waals surface area contributed by atoms with Gasteiger partial charge in [-0.2, -0.15) is 0 Å². The number of fused-ring (bicyclic) bond motifs is 1. The molecule has 2 aromatic carbocycles. The minimum absolute atomic E-state index is 0.199. The minimum atomic E-state index is -0.199. The summed E-state index contributed by atoms with van der Waals surface area (Å²) in [5, 5.41) is 20.8. The lowest BCUT2D eigenvalue weighted by atomic mass is 10.3. The van der Waals surface area contributed by atoms with Gasteiger partial charge in [0.1, 0.15) is 36.6 Å². The smallest absolute Gasteiger partial charge is 0.141 e. The Morgan fingerprint density at radius 3 is 2.29 bits per heavy atom. The molecule has 4 aromatic rings. The van der Waals surface area contributed by atoms with E-state index in [-0.39, 0.29) is 11.9 Å². The molecule has 5 rings (SSSR count). The van der Waals surface area contributed by atoms with E-state index in [0.717, 1.165) is 39.5 Å². The highest BCUT2D eigenvalue weighted by atomic mass is 31.0. The van der Waals surface area contributed by atoms with E-state index in [1.165, 1.54) is 0 Å². The molecule has 0 saturated carbocycles. The number of aromatic hydroxyl groups is 1. The molecule has 2 aromatic heterocycles. The van der Waals surface area contributed by atoms with E-state index >= 15 is 0 Å². The van der Waals surface area contributed by atoms with Gasteiger partial charge in [0.05, 0.1) is 42.5 Å². The summed E-state index contributed by atoms with van der Waals surface area (Å²) < 4.78 is 17.3. The number of pyridine rings is 2. The van der Waals surface area contributed by atoms with Crippen molar-refractivity contribution in [2.24, 2.45) is 0 Å². The largest absolute Gasteiger partial charge is 0.508 e. The fourth-order valence-electron chi connectivity index (χ4n) is 3.92. The molecule has 0 fully saturated rings. The molecule has 2 atom stereocenters. The number of nitrogens with one attached hydrogen (secondary N) is 3. The summed E-state index contributed by atoms with van der Waals surface area (Å²) in [6.45, 7) is 2.34. The van der Waals surface area contributed by atoms with Gasteiger partial charge < -0.3 is 35.3 Å². The molecular weight excluding hydrogens is 501 g/mol. The molecule has 9 nitrogen and oxygen atoms in total. The average Bonchev–Trinajstić information content (AvgIpc) is 3.36. The van der Waals surface area contributed by atoms with Gasteiger partial charge in [-0.3, -0.25) is 9.97 Å². The van der Waals surface area contributed by atoms with Crippen molar-refractivity contribution in [2.45, 2.75) is 12.7 Å². The molecule has 0 amide bonds. The van der Waals surface area contributed by atoms with E-state index in [2.05, 4.69) is 35.2 Å². The monoisotopic (exact) mass is 531 g/mol. The van der Waals surface area contributed by atoms with Gasteiger partial charge in [-0.05, 0) is 41.7 Å². The predicted molar refractivity (Wildman–Crippen MR) is 151 cm³/mol. The number of rotatable bonds is 12. The van der Waals surface area contributed by atoms with Crippen molar-refractivity contribution in [2.75, 3.05) is 42.4 Å². The van der Waals surface area contributed by atoms with Gasteiger partial charge in [0, 0.05) is 36.3 Å². The Balaban J connectivity index is 0.988. The molecule has 4 N–H and O–H groups in total. The Hall–Kier alpha value is -4.07. The Labute approximate surface area is 223 Å². The Morgan fingerprint density at radius 2 is 1.50 bits per heavy atom. The maximum absolute atomic E-state index is 9.67. The number of anilines is 3. The first-order valence-electron chi connectivity index (χ1n) is 12.3. The van der Waals surface area contributed by atoms with Crippen LogP contribution in [0.1, 0.15) is 17.6 Å². The van der Waals surface area contributed by atoms with Crippen molar-refractivity contribution in [1.29, 1.82) is 0 Å². The molecule has 1 aliphatic rings. The maximum Gasteiger partial charge on any atom is 0.141 e. The zero-order chi connectivity index (χ0) is 26.2. The number of phenolic OH excluding ortho intramolecular Hbond substituents is 1. The third-order valence-corrected chi connectivity index (χ3v) is 6.20. The summed E-state index contributed by atoms with van der Waals surface area (Å²) >= 11 is 0. The summed E-state index contributed by atoms with van der Waals surface area (Å²) in [5.41, 5.74) is 4.48. The third kappa shape index (κ3) is 7.03. The van der Waals surface area contributed by atoms with Crippen molar-refractivity contribution < 1.29 is 19.3 Å². The molecule has 0 saturated heterocycles. The van der Waals surface area contributed by atoms with Crippen molar-refractivity contribution in [3.05, 3.63) is 90.5 Å². The second-order valence-corrected chi connectivity index (χ2v) is 9.30. The van der Waals surface area contributed by atoms with E-state index in [1.807, 2.05) is 54.6 Å². The number of phenols is 1. The highest BCUT2D eigenvalue weighted by Gasteiger charge is 2.22. The molecular formula is C28H30N5O4P. The lowest BCUT2D eigenvalue weighted by Crippen LogP contribution is -2.15. The topological polar surface area (TPSA) is 110 Å². The quantitative estimate of drug-likeness (QED) is 0.121. The lowest BCUT2D eigenvalue weighted by Gasteiger charge is -2.13. The van der Waals surface area contributed by atoms with Crippen LogP contribution in [0.3, 0.4) is 0 Å². The summed E-state index contributed by atoms with van der Waals surface area (Å²) in [6, 6.07) is 20.8. The molecule has 10 heteroatoms. The summed E-state index contributed by atoms with van der Waals surface area (Å²) in [6.07, 6.45) is 3.26. The van der Waals surface area contributed by atoms with Crippen LogP contribution in [0.5, 0.6) is 17.2 Å². The molecule has 1 aliphatic heterocycles. The minimum Gasteiger partial charge on any atom is -0.508 e. The molecule has 0 radical (unpaired) electrons. The number of hydrogen-bond donors (Lipinski definition) is 4. The van der Waals surface area contributed by atoms with Crippen LogP contribution in [0.15, 0.2) is 79.1 Å². The van der Waals surface area contributed by atoms with Crippen molar-refractivity contribution in [3.8, 4) is 17.2 Å². The highest BCUT2D eigenvalue weighted by molar-refractivity contribution is 7.27. The van der Waals surface area contributed by atoms with Crippen molar-refractivity contribution in [1.82, 2.24) is 9.97 Å². The van der Waals surface area contributed by atoms with Crippen LogP contribution < -0.4 is 30.7 Å². The van der Waals surface area contributed by atoms with Gasteiger partial charge in [-0.25, -0.2) is 0 Å². The standard InChI is InChI=1S/C28H30N5O4P/c34-21-3-6-25-26(16-21)33-28(32-25)27-17-23(8-10-30-27)37-14-12-35-11-13-36-22-7-9-29-20(15-22)18-31-19-1-4-24(38)5-2-19/h1-10,15-17,28,31-34H,11-14,18,38H2. The maximum atomic E-state index is 9.67. The van der Waals surface area contributed by atoms with Gasteiger partial charge in [0.2, 0.25) is 0 Å². The normalized spacial score (nSPS) is 13.8. The highest BCUT2D eigenvalue weighted by Crippen LogP contribution is 2.37. The molecule has 38 heavy (non-hydrogen) atoms. The van der Waals surface area contributed by atoms with E-state index < -0.39 is 0 Å². The number of aromatic nitrogens is 2. The first-order valence-corrected chi connectivity index (χ1v) is 12.9. The number of ether oxygens (including phenoxy) is 3. The van der Waals surface area contributed by atoms with Crippen molar-refractivity contribution >= 4 is 31.6 Å². The van der Waals surface area contributed by atoms with E-state index in [0.29, 0.717) is 38.7 Å². The van der Waals surface area contributed by atoms with Gasteiger partial charge in [-0.15, -0.1) is 9.24 Å².